The maximum absolute atomic E-state index is 7.45. The molecule has 3 aliphatic rings. The number of para-hydroxylation sites is 1. The van der Waals surface area contributed by atoms with Crippen molar-refractivity contribution < 1.29 is 4.74 Å². The second-order valence-corrected chi connectivity index (χ2v) is 38.5. The van der Waals surface area contributed by atoms with Gasteiger partial charge in [0, 0.05) is 22.5 Å². The first-order valence-electron chi connectivity index (χ1n) is 28.8. The molecule has 0 atom stereocenters. The Labute approximate surface area is 475 Å². The van der Waals surface area contributed by atoms with Gasteiger partial charge in [-0.25, -0.2) is 0 Å². The Morgan fingerprint density at radius 3 is 1.39 bits per heavy atom. The van der Waals surface area contributed by atoms with Gasteiger partial charge in [0.1, 0.15) is 11.5 Å². The number of hydrogen-bond acceptors (Lipinski definition) is 2. The van der Waals surface area contributed by atoms with E-state index in [-0.39, 0.29) is 28.4 Å². The van der Waals surface area contributed by atoms with E-state index in [4.69, 9.17) is 4.74 Å². The summed E-state index contributed by atoms with van der Waals surface area (Å²) < 4.78 is 7.45. The first-order chi connectivity index (χ1) is 37.2. The molecule has 0 aliphatic carbocycles. The summed E-state index contributed by atoms with van der Waals surface area (Å²) in [4.78, 5) is 2.65. The van der Waals surface area contributed by atoms with Crippen LogP contribution in [-0.2, 0) is 21.7 Å². The fourth-order valence-electron chi connectivity index (χ4n) is 12.6. The van der Waals surface area contributed by atoms with E-state index < -0.39 is 16.1 Å². The zero-order valence-corrected chi connectivity index (χ0v) is 51.8. The molecule has 3 aliphatic heterocycles. The third-order valence-electron chi connectivity index (χ3n) is 18.5. The van der Waals surface area contributed by atoms with Gasteiger partial charge in [0.25, 0.3) is 6.71 Å². The van der Waals surface area contributed by atoms with Crippen molar-refractivity contribution in [2.45, 2.75) is 130 Å². The topological polar surface area (TPSA) is 12.5 Å². The molecule has 0 spiro atoms. The second kappa shape index (κ2) is 18.3. The number of nitrogens with zero attached hydrogens (tertiary/aromatic N) is 1. The van der Waals surface area contributed by atoms with Crippen molar-refractivity contribution in [3.63, 3.8) is 0 Å². The maximum Gasteiger partial charge on any atom is 0.256 e. The molecule has 0 radical (unpaired) electrons. The Morgan fingerprint density at radius 2 is 0.873 bits per heavy atom. The lowest BCUT2D eigenvalue weighted by atomic mass is 9.34. The molecule has 0 amide bonds. The minimum atomic E-state index is -1.71. The molecule has 5 heteroatoms. The molecule has 0 unspecified atom stereocenters. The summed E-state index contributed by atoms with van der Waals surface area (Å²) in [5.74, 6) is 1.81. The molecule has 12 rings (SSSR count). The molecule has 2 nitrogen and oxygen atoms in total. The maximum atomic E-state index is 7.45. The standard InChI is InChI=1S/C74H78BNOSi2/c1-71(2,3)55-35-52-37-57(45-55)73(7,8)74(9,10)58-38-53(36-56(46-58)72(4,5)6)49-32-34-67-64(42-49)75-63-41-48(52)31-33-65(63)76(66-43-54(44-68(77-67)69(66)75)47-23-18-17-19-24-47)70-61(50-25-20-27-59(39-50)78(11,12)13)29-22-30-62(70)51-26-21-28-60(40-51)79(14,15)16/h17-46H,1-16H3. The molecule has 0 saturated heterocycles. The predicted octanol–water partition coefficient (Wildman–Crippen LogP) is 17.7. The van der Waals surface area contributed by atoms with Crippen LogP contribution in [0.1, 0.15) is 91.5 Å². The monoisotopic (exact) mass is 1060 g/mol. The van der Waals surface area contributed by atoms with Crippen molar-refractivity contribution in [3.8, 4) is 67.1 Å². The van der Waals surface area contributed by atoms with Crippen molar-refractivity contribution in [1.82, 2.24) is 0 Å². The lowest BCUT2D eigenvalue weighted by Gasteiger charge is -2.44. The van der Waals surface area contributed by atoms with Gasteiger partial charge in [0.2, 0.25) is 0 Å². The van der Waals surface area contributed by atoms with Crippen molar-refractivity contribution in [2.24, 2.45) is 0 Å². The summed E-state index contributed by atoms with van der Waals surface area (Å²) in [5.41, 5.74) is 24.0. The molecule has 79 heavy (non-hydrogen) atoms. The average Bonchev–Trinajstić information content (AvgIpc) is 3.43. The van der Waals surface area contributed by atoms with E-state index in [1.54, 1.807) is 0 Å². The SMILES string of the molecule is CC(C)(C)c1cc2cc(c1)C(C)(C)C(C)(C)c1cc(cc(C(C)(C)C)c1)-c1ccc3c(c1)B1c4cc-2ccc4Oc2cc(-c4ccccc4)cc(c21)N3c1c(-c2cccc([Si](C)(C)C)c2)cccc1-c1cccc([Si](C)(C)C)c1. The molecule has 0 N–H and O–H groups in total. The Balaban J connectivity index is 1.24. The van der Waals surface area contributed by atoms with Crippen LogP contribution in [0.2, 0.25) is 39.3 Å². The minimum absolute atomic E-state index is 0.0726. The van der Waals surface area contributed by atoms with E-state index in [9.17, 15) is 0 Å². The second-order valence-electron chi connectivity index (χ2n) is 28.4. The number of ether oxygens (including phenoxy) is 1. The first-order valence-corrected chi connectivity index (χ1v) is 35.8. The van der Waals surface area contributed by atoms with E-state index in [0.717, 1.165) is 28.3 Å². The Hall–Kier alpha value is -6.92. The van der Waals surface area contributed by atoms with Gasteiger partial charge >= 0.3 is 0 Å². The number of hydrogen-bond donors (Lipinski definition) is 0. The van der Waals surface area contributed by atoms with E-state index in [1.165, 1.54) is 105 Å². The van der Waals surface area contributed by atoms with Gasteiger partial charge < -0.3 is 9.64 Å². The van der Waals surface area contributed by atoms with Gasteiger partial charge in [0.05, 0.1) is 21.8 Å². The van der Waals surface area contributed by atoms with Gasteiger partial charge in [-0.15, -0.1) is 0 Å². The fraction of sp³-hybridized carbons (Fsp3) is 0.270. The summed E-state index contributed by atoms with van der Waals surface area (Å²) in [6, 6.07) is 71.2. The smallest absolute Gasteiger partial charge is 0.256 e. The quantitative estimate of drug-likeness (QED) is 0.154. The average molecular weight is 1060 g/mol. The van der Waals surface area contributed by atoms with Crippen molar-refractivity contribution in [1.29, 1.82) is 0 Å². The first kappa shape index (κ1) is 52.8. The van der Waals surface area contributed by atoms with Gasteiger partial charge in [-0.2, -0.15) is 0 Å². The molecule has 3 heterocycles. The lowest BCUT2D eigenvalue weighted by molar-refractivity contribution is 0.302. The van der Waals surface area contributed by atoms with Crippen LogP contribution in [0.4, 0.5) is 17.1 Å². The normalized spacial score (nSPS) is 15.1. The summed E-state index contributed by atoms with van der Waals surface area (Å²) in [6.07, 6.45) is 0. The molecular weight excluding hydrogens is 986 g/mol. The van der Waals surface area contributed by atoms with Crippen molar-refractivity contribution >= 4 is 66.7 Å². The largest absolute Gasteiger partial charge is 0.458 e. The van der Waals surface area contributed by atoms with Gasteiger partial charge in [-0.3, -0.25) is 0 Å². The number of anilines is 3. The van der Waals surface area contributed by atoms with Crippen molar-refractivity contribution in [2.75, 3.05) is 4.90 Å². The fourth-order valence-corrected chi connectivity index (χ4v) is 15.0. The third kappa shape index (κ3) is 9.00. The zero-order chi connectivity index (χ0) is 55.9. The summed E-state index contributed by atoms with van der Waals surface area (Å²) in [6.45, 7) is 38.7. The van der Waals surface area contributed by atoms with Gasteiger partial charge in [-0.05, 0) is 129 Å². The highest BCUT2D eigenvalue weighted by molar-refractivity contribution is 6.99. The lowest BCUT2D eigenvalue weighted by Crippen LogP contribution is -2.59. The predicted molar refractivity (Wildman–Crippen MR) is 349 cm³/mol. The van der Waals surface area contributed by atoms with Gasteiger partial charge in [-0.1, -0.05) is 277 Å². The highest BCUT2D eigenvalue weighted by Gasteiger charge is 2.45. The Bertz CT molecular complexity index is 3860. The highest BCUT2D eigenvalue weighted by atomic mass is 28.3. The molecule has 9 aromatic carbocycles. The van der Waals surface area contributed by atoms with E-state index in [2.05, 4.69) is 295 Å². The molecule has 396 valence electrons. The summed E-state index contributed by atoms with van der Waals surface area (Å²) in [5, 5.41) is 2.89. The van der Waals surface area contributed by atoms with Crippen LogP contribution in [0.3, 0.4) is 0 Å². The minimum Gasteiger partial charge on any atom is -0.458 e. The molecule has 0 fully saturated rings. The Morgan fingerprint density at radius 1 is 0.392 bits per heavy atom. The van der Waals surface area contributed by atoms with Crippen LogP contribution in [0, 0.1) is 0 Å². The summed E-state index contributed by atoms with van der Waals surface area (Å²) in [7, 11) is -3.42. The van der Waals surface area contributed by atoms with Crippen LogP contribution >= 0.6 is 0 Å². The van der Waals surface area contributed by atoms with Crippen LogP contribution in [0.25, 0.3) is 55.6 Å². The van der Waals surface area contributed by atoms with Crippen LogP contribution in [-0.4, -0.2) is 22.9 Å². The molecule has 8 bridgehead atoms. The number of fused-ring (bicyclic) bond motifs is 8. The highest BCUT2D eigenvalue weighted by Crippen LogP contribution is 2.52. The molecular formula is C74H78BNOSi2. The third-order valence-corrected chi connectivity index (χ3v) is 22.6. The van der Waals surface area contributed by atoms with E-state index in [1.807, 2.05) is 0 Å². The van der Waals surface area contributed by atoms with Crippen LogP contribution in [0.15, 0.2) is 182 Å². The van der Waals surface area contributed by atoms with Gasteiger partial charge in [0.15, 0.2) is 0 Å². The number of benzene rings is 9. The van der Waals surface area contributed by atoms with Crippen LogP contribution < -0.4 is 36.4 Å². The number of rotatable bonds is 6. The molecule has 0 aromatic heterocycles. The van der Waals surface area contributed by atoms with E-state index in [0.29, 0.717) is 0 Å². The molecule has 9 aromatic rings. The summed E-state index contributed by atoms with van der Waals surface area (Å²) >= 11 is 0. The van der Waals surface area contributed by atoms with E-state index >= 15 is 0 Å². The van der Waals surface area contributed by atoms with Crippen LogP contribution in [0.5, 0.6) is 11.5 Å². The molecule has 0 saturated carbocycles. The Kier molecular flexibility index (Phi) is 12.2. The van der Waals surface area contributed by atoms with Crippen molar-refractivity contribution in [3.05, 3.63) is 204 Å². The zero-order valence-electron chi connectivity index (χ0n) is 49.8.